The fraction of sp³-hybridized carbons (Fsp3) is 0.364. The molecular formula is C22H23FIN5O3S2. The van der Waals surface area contributed by atoms with Gasteiger partial charge in [-0.2, -0.15) is 0 Å². The smallest absolute Gasteiger partial charge is 0.237 e. The number of alkyl halides is 2. The molecule has 1 saturated heterocycles. The summed E-state index contributed by atoms with van der Waals surface area (Å²) in [4.78, 5) is 28.2. The van der Waals surface area contributed by atoms with E-state index in [-0.39, 0.29) is 5.92 Å². The van der Waals surface area contributed by atoms with Crippen molar-refractivity contribution in [3.63, 3.8) is 0 Å². The Morgan fingerprint density at radius 2 is 2.00 bits per heavy atom. The molecule has 3 aromatic heterocycles. The van der Waals surface area contributed by atoms with E-state index in [1.54, 1.807) is 17.5 Å². The van der Waals surface area contributed by atoms with Crippen molar-refractivity contribution in [2.45, 2.75) is 23.2 Å². The van der Waals surface area contributed by atoms with Gasteiger partial charge in [0.2, 0.25) is 5.91 Å². The number of sulfone groups is 1. The zero-order valence-corrected chi connectivity index (χ0v) is 21.9. The number of amides is 1. The molecule has 0 aliphatic carbocycles. The number of rotatable bonds is 8. The summed E-state index contributed by atoms with van der Waals surface area (Å²) < 4.78 is 36.2. The van der Waals surface area contributed by atoms with Crippen LogP contribution in [-0.2, 0) is 19.1 Å². The van der Waals surface area contributed by atoms with Crippen LogP contribution >= 0.6 is 33.9 Å². The SMILES string of the molecule is O=C(CS(=O)(=O)CF)N1CCC(c2ncc(-c3cccc(Nc4cc(CI)ccn4)n3)s2)CC1. The molecule has 0 radical (unpaired) electrons. The highest BCUT2D eigenvalue weighted by Gasteiger charge is 2.28. The first-order valence-corrected chi connectivity index (χ1v) is 14.8. The van der Waals surface area contributed by atoms with Gasteiger partial charge in [-0.1, -0.05) is 28.7 Å². The molecule has 0 unspecified atom stereocenters. The predicted molar refractivity (Wildman–Crippen MR) is 139 cm³/mol. The van der Waals surface area contributed by atoms with E-state index < -0.39 is 27.5 Å². The number of carbonyl (C=O) groups is 1. The summed E-state index contributed by atoms with van der Waals surface area (Å²) in [7, 11) is -3.97. The van der Waals surface area contributed by atoms with Crippen LogP contribution in [0.3, 0.4) is 0 Å². The number of halogens is 2. The van der Waals surface area contributed by atoms with E-state index in [0.29, 0.717) is 31.7 Å². The van der Waals surface area contributed by atoms with Crippen molar-refractivity contribution in [1.29, 1.82) is 0 Å². The number of nitrogens with one attached hydrogen (secondary N) is 1. The topological polar surface area (TPSA) is 105 Å². The number of nitrogens with zero attached hydrogens (tertiary/aromatic N) is 4. The third kappa shape index (κ3) is 6.27. The van der Waals surface area contributed by atoms with Crippen LogP contribution in [0.4, 0.5) is 16.0 Å². The lowest BCUT2D eigenvalue weighted by Crippen LogP contribution is -2.41. The maximum atomic E-state index is 12.5. The lowest BCUT2D eigenvalue weighted by Gasteiger charge is -2.31. The fourth-order valence-electron chi connectivity index (χ4n) is 3.69. The number of aromatic nitrogens is 3. The summed E-state index contributed by atoms with van der Waals surface area (Å²) in [5.41, 5.74) is 1.99. The first kappa shape index (κ1) is 24.9. The summed E-state index contributed by atoms with van der Waals surface area (Å²) in [5.74, 6) is 0.304. The summed E-state index contributed by atoms with van der Waals surface area (Å²) in [6, 6.07) is 8.22. The molecule has 1 fully saturated rings. The van der Waals surface area contributed by atoms with Crippen LogP contribution in [0.5, 0.6) is 0 Å². The van der Waals surface area contributed by atoms with Crippen molar-refractivity contribution in [3.8, 4) is 10.6 Å². The third-order valence-corrected chi connectivity index (χ3v) is 8.55. The summed E-state index contributed by atoms with van der Waals surface area (Å²) in [6.45, 7) is 0.863. The third-order valence-electron chi connectivity index (χ3n) is 5.47. The molecule has 1 aliphatic heterocycles. The van der Waals surface area contributed by atoms with Crippen molar-refractivity contribution < 1.29 is 17.6 Å². The Bertz CT molecular complexity index is 1260. The monoisotopic (exact) mass is 615 g/mol. The second-order valence-corrected chi connectivity index (χ2v) is 11.7. The summed E-state index contributed by atoms with van der Waals surface area (Å²) in [5, 5.41) is 4.22. The first-order valence-electron chi connectivity index (χ1n) is 10.6. The highest BCUT2D eigenvalue weighted by atomic mass is 127. The van der Waals surface area contributed by atoms with E-state index in [0.717, 1.165) is 25.8 Å². The number of likely N-dealkylation sites (tertiary alicyclic amines) is 1. The Hall–Kier alpha value is -2.19. The molecule has 8 nitrogen and oxygen atoms in total. The van der Waals surface area contributed by atoms with Gasteiger partial charge in [0.15, 0.2) is 15.8 Å². The molecule has 0 saturated carbocycles. The van der Waals surface area contributed by atoms with Crippen LogP contribution in [0.2, 0.25) is 0 Å². The highest BCUT2D eigenvalue weighted by molar-refractivity contribution is 14.1. The highest BCUT2D eigenvalue weighted by Crippen LogP contribution is 2.35. The number of pyridine rings is 2. The van der Waals surface area contributed by atoms with Gasteiger partial charge in [-0.25, -0.2) is 27.8 Å². The molecule has 34 heavy (non-hydrogen) atoms. The first-order chi connectivity index (χ1) is 16.4. The Morgan fingerprint density at radius 3 is 2.74 bits per heavy atom. The molecule has 180 valence electrons. The molecule has 4 heterocycles. The Morgan fingerprint density at radius 1 is 1.21 bits per heavy atom. The molecule has 0 aromatic carbocycles. The average molecular weight is 615 g/mol. The van der Waals surface area contributed by atoms with Gasteiger partial charge in [0.25, 0.3) is 0 Å². The molecule has 0 spiro atoms. The van der Waals surface area contributed by atoms with Crippen molar-refractivity contribution in [2.75, 3.05) is 30.2 Å². The van der Waals surface area contributed by atoms with Gasteiger partial charge in [-0.05, 0) is 42.7 Å². The number of piperidine rings is 1. The van der Waals surface area contributed by atoms with E-state index in [2.05, 4.69) is 37.9 Å². The van der Waals surface area contributed by atoms with Gasteiger partial charge in [0.05, 0.1) is 15.6 Å². The molecule has 0 atom stereocenters. The molecule has 1 aliphatic rings. The van der Waals surface area contributed by atoms with Gasteiger partial charge < -0.3 is 10.2 Å². The lowest BCUT2D eigenvalue weighted by atomic mass is 9.97. The van der Waals surface area contributed by atoms with Gasteiger partial charge >= 0.3 is 0 Å². The van der Waals surface area contributed by atoms with Crippen LogP contribution in [0.1, 0.15) is 29.3 Å². The maximum Gasteiger partial charge on any atom is 0.237 e. The maximum absolute atomic E-state index is 12.5. The van der Waals surface area contributed by atoms with Crippen molar-refractivity contribution >= 4 is 61.3 Å². The number of hydrogen-bond acceptors (Lipinski definition) is 8. The van der Waals surface area contributed by atoms with Crippen LogP contribution in [0, 0.1) is 0 Å². The number of anilines is 2. The van der Waals surface area contributed by atoms with Crippen LogP contribution in [0.25, 0.3) is 10.6 Å². The normalized spacial score (nSPS) is 14.8. The zero-order valence-electron chi connectivity index (χ0n) is 18.2. The largest absolute Gasteiger partial charge is 0.342 e. The molecule has 4 rings (SSSR count). The van der Waals surface area contributed by atoms with Crippen LogP contribution < -0.4 is 5.32 Å². The fourth-order valence-corrected chi connectivity index (χ4v) is 5.85. The minimum atomic E-state index is -3.97. The van der Waals surface area contributed by atoms with Gasteiger partial charge in [-0.15, -0.1) is 11.3 Å². The van der Waals surface area contributed by atoms with Crippen molar-refractivity contribution in [3.05, 3.63) is 53.3 Å². The van der Waals surface area contributed by atoms with Crippen molar-refractivity contribution in [2.24, 2.45) is 0 Å². The minimum Gasteiger partial charge on any atom is -0.342 e. The molecule has 3 aromatic rings. The predicted octanol–water partition coefficient (Wildman–Crippen LogP) is 4.33. The van der Waals surface area contributed by atoms with E-state index in [1.165, 1.54) is 10.5 Å². The van der Waals surface area contributed by atoms with Gasteiger partial charge in [0, 0.05) is 35.8 Å². The summed E-state index contributed by atoms with van der Waals surface area (Å²) >= 11 is 3.88. The molecule has 12 heteroatoms. The molecule has 0 bridgehead atoms. The van der Waals surface area contributed by atoms with E-state index in [1.807, 2.05) is 36.5 Å². The minimum absolute atomic E-state index is 0.183. The molecular weight excluding hydrogens is 592 g/mol. The van der Waals surface area contributed by atoms with E-state index in [4.69, 9.17) is 4.98 Å². The van der Waals surface area contributed by atoms with E-state index >= 15 is 0 Å². The zero-order chi connectivity index (χ0) is 24.1. The molecule has 1 amide bonds. The summed E-state index contributed by atoms with van der Waals surface area (Å²) in [6.07, 6.45) is 4.95. The average Bonchev–Trinajstić information content (AvgIpc) is 3.35. The number of thiazole rings is 1. The Labute approximate surface area is 215 Å². The number of carbonyl (C=O) groups excluding carboxylic acids is 1. The second-order valence-electron chi connectivity index (χ2n) is 7.93. The molecule has 1 N–H and O–H groups in total. The van der Waals surface area contributed by atoms with E-state index in [9.17, 15) is 17.6 Å². The van der Waals surface area contributed by atoms with Crippen LogP contribution in [-0.4, -0.2) is 59.0 Å². The van der Waals surface area contributed by atoms with Crippen molar-refractivity contribution in [1.82, 2.24) is 19.9 Å². The van der Waals surface area contributed by atoms with Gasteiger partial charge in [0.1, 0.15) is 17.4 Å². The number of hydrogen-bond donors (Lipinski definition) is 1. The van der Waals surface area contributed by atoms with Crippen LogP contribution in [0.15, 0.2) is 42.7 Å². The lowest BCUT2D eigenvalue weighted by molar-refractivity contribution is -0.129. The Kier molecular flexibility index (Phi) is 8.09. The van der Waals surface area contributed by atoms with Gasteiger partial charge in [-0.3, -0.25) is 4.79 Å². The standard InChI is InChI=1S/C22H23FIN5O3S2/c23-14-34(31,32)13-21(30)29-8-5-16(6-9-29)22-26-12-18(33-22)17-2-1-3-19(27-17)28-20-10-15(11-24)4-7-25-20/h1-4,7,10,12,16H,5-6,8-9,11,13-14H2,(H,25,27,28). The second kappa shape index (κ2) is 11.0. The quantitative estimate of drug-likeness (QED) is 0.297. The Balaban J connectivity index is 1.39.